The van der Waals surface area contributed by atoms with E-state index in [0.29, 0.717) is 18.1 Å². The number of fused-ring (bicyclic) bond motifs is 1. The minimum Gasteiger partial charge on any atom is -0.489 e. The molecule has 114 valence electrons. The Morgan fingerprint density at radius 2 is 1.91 bits per heavy atom. The monoisotopic (exact) mass is 300 g/mol. The Labute approximate surface area is 128 Å². The van der Waals surface area contributed by atoms with Gasteiger partial charge in [-0.05, 0) is 23.8 Å². The van der Waals surface area contributed by atoms with E-state index in [-0.39, 0.29) is 18.5 Å². The molecule has 0 saturated carbocycles. The molecule has 22 heavy (non-hydrogen) atoms. The molecule has 0 amide bonds. The summed E-state index contributed by atoms with van der Waals surface area (Å²) in [5.74, 6) is 1.89. The lowest BCUT2D eigenvalue weighted by Gasteiger charge is -2.18. The number of halogens is 1. The van der Waals surface area contributed by atoms with E-state index in [4.69, 9.17) is 14.2 Å². The van der Waals surface area contributed by atoms with E-state index in [0.717, 1.165) is 16.9 Å². The molecule has 1 aliphatic heterocycles. The summed E-state index contributed by atoms with van der Waals surface area (Å²) < 4.78 is 29.7. The smallest absolute Gasteiger partial charge is 0.231 e. The minimum absolute atomic E-state index is 0.0370. The molecular formula is C18H17FO3. The average Bonchev–Trinajstić information content (AvgIpc) is 2.99. The van der Waals surface area contributed by atoms with Crippen molar-refractivity contribution >= 4 is 0 Å². The van der Waals surface area contributed by atoms with Crippen molar-refractivity contribution in [3.05, 3.63) is 66.0 Å². The van der Waals surface area contributed by atoms with Crippen LogP contribution in [0.4, 0.5) is 4.39 Å². The summed E-state index contributed by atoms with van der Waals surface area (Å²) in [6.07, 6.45) is 1.69. The number of hydrogen-bond acceptors (Lipinski definition) is 3. The Hall–Kier alpha value is -2.49. The van der Waals surface area contributed by atoms with Crippen LogP contribution in [-0.4, -0.2) is 13.4 Å². The van der Waals surface area contributed by atoms with Gasteiger partial charge in [0.05, 0.1) is 0 Å². The summed E-state index contributed by atoms with van der Waals surface area (Å²) in [6, 6.07) is 10.2. The SMILES string of the molecule is C=CCOc1cc2c(cc1[C@H](C)c1ccc(F)cc1)OCO2. The van der Waals surface area contributed by atoms with Crippen molar-refractivity contribution < 1.29 is 18.6 Å². The normalized spacial score (nSPS) is 13.7. The van der Waals surface area contributed by atoms with Gasteiger partial charge in [-0.2, -0.15) is 0 Å². The van der Waals surface area contributed by atoms with Gasteiger partial charge in [-0.1, -0.05) is 31.7 Å². The Kier molecular flexibility index (Phi) is 4.00. The van der Waals surface area contributed by atoms with Crippen molar-refractivity contribution in [1.29, 1.82) is 0 Å². The maximum Gasteiger partial charge on any atom is 0.231 e. The average molecular weight is 300 g/mol. The fourth-order valence-corrected chi connectivity index (χ4v) is 2.48. The zero-order valence-electron chi connectivity index (χ0n) is 12.3. The van der Waals surface area contributed by atoms with Crippen LogP contribution < -0.4 is 14.2 Å². The summed E-state index contributed by atoms with van der Waals surface area (Å²) >= 11 is 0. The van der Waals surface area contributed by atoms with Gasteiger partial charge in [0.2, 0.25) is 6.79 Å². The second kappa shape index (κ2) is 6.10. The summed E-state index contributed by atoms with van der Waals surface area (Å²) in [4.78, 5) is 0. The molecule has 3 nitrogen and oxygen atoms in total. The molecule has 0 spiro atoms. The first-order chi connectivity index (χ1) is 10.7. The molecule has 4 heteroatoms. The van der Waals surface area contributed by atoms with Gasteiger partial charge in [0.1, 0.15) is 18.2 Å². The fourth-order valence-electron chi connectivity index (χ4n) is 2.48. The van der Waals surface area contributed by atoms with Gasteiger partial charge in [0, 0.05) is 17.5 Å². The van der Waals surface area contributed by atoms with Crippen molar-refractivity contribution in [2.75, 3.05) is 13.4 Å². The van der Waals surface area contributed by atoms with Crippen LogP contribution in [-0.2, 0) is 0 Å². The lowest BCUT2D eigenvalue weighted by molar-refractivity contribution is 0.174. The molecule has 1 heterocycles. The first kappa shape index (κ1) is 14.4. The highest BCUT2D eigenvalue weighted by molar-refractivity contribution is 5.54. The molecule has 0 fully saturated rings. The minimum atomic E-state index is -0.246. The lowest BCUT2D eigenvalue weighted by atomic mass is 9.92. The van der Waals surface area contributed by atoms with Gasteiger partial charge < -0.3 is 14.2 Å². The van der Waals surface area contributed by atoms with Crippen molar-refractivity contribution in [2.24, 2.45) is 0 Å². The van der Waals surface area contributed by atoms with E-state index in [9.17, 15) is 4.39 Å². The van der Waals surface area contributed by atoms with E-state index in [1.165, 1.54) is 12.1 Å². The highest BCUT2D eigenvalue weighted by Gasteiger charge is 2.22. The highest BCUT2D eigenvalue weighted by Crippen LogP contribution is 2.42. The molecule has 1 atom stereocenters. The van der Waals surface area contributed by atoms with Crippen molar-refractivity contribution in [2.45, 2.75) is 12.8 Å². The van der Waals surface area contributed by atoms with Gasteiger partial charge in [-0.25, -0.2) is 4.39 Å². The maximum atomic E-state index is 13.1. The molecule has 3 rings (SSSR count). The van der Waals surface area contributed by atoms with Crippen LogP contribution in [0.1, 0.15) is 24.0 Å². The third kappa shape index (κ3) is 2.77. The quantitative estimate of drug-likeness (QED) is 0.772. The van der Waals surface area contributed by atoms with Crippen molar-refractivity contribution in [1.82, 2.24) is 0 Å². The summed E-state index contributed by atoms with van der Waals surface area (Å²) in [5, 5.41) is 0. The van der Waals surface area contributed by atoms with Crippen LogP contribution in [0.15, 0.2) is 49.1 Å². The number of benzene rings is 2. The molecule has 0 N–H and O–H groups in total. The third-order valence-corrected chi connectivity index (χ3v) is 3.70. The van der Waals surface area contributed by atoms with E-state index in [1.807, 2.05) is 19.1 Å². The molecule has 1 aliphatic rings. The molecule has 0 unspecified atom stereocenters. The largest absolute Gasteiger partial charge is 0.489 e. The van der Waals surface area contributed by atoms with E-state index in [2.05, 4.69) is 6.58 Å². The predicted molar refractivity (Wildman–Crippen MR) is 82.2 cm³/mol. The Morgan fingerprint density at radius 3 is 2.59 bits per heavy atom. The molecule has 2 aromatic carbocycles. The van der Waals surface area contributed by atoms with E-state index in [1.54, 1.807) is 18.2 Å². The number of hydrogen-bond donors (Lipinski definition) is 0. The Morgan fingerprint density at radius 1 is 1.23 bits per heavy atom. The molecule has 0 aromatic heterocycles. The topological polar surface area (TPSA) is 27.7 Å². The number of rotatable bonds is 5. The maximum absolute atomic E-state index is 13.1. The van der Waals surface area contributed by atoms with Gasteiger partial charge in [-0.3, -0.25) is 0 Å². The third-order valence-electron chi connectivity index (χ3n) is 3.70. The second-order valence-electron chi connectivity index (χ2n) is 5.12. The first-order valence-corrected chi connectivity index (χ1v) is 7.11. The van der Waals surface area contributed by atoms with Crippen LogP contribution in [0.5, 0.6) is 17.2 Å². The van der Waals surface area contributed by atoms with Gasteiger partial charge >= 0.3 is 0 Å². The predicted octanol–water partition coefficient (Wildman–Crippen LogP) is 4.27. The van der Waals surface area contributed by atoms with Gasteiger partial charge in [0.25, 0.3) is 0 Å². The fraction of sp³-hybridized carbons (Fsp3) is 0.222. The molecular weight excluding hydrogens is 283 g/mol. The Balaban J connectivity index is 1.99. The van der Waals surface area contributed by atoms with Crippen LogP contribution in [0, 0.1) is 5.82 Å². The van der Waals surface area contributed by atoms with E-state index >= 15 is 0 Å². The Bertz CT molecular complexity index is 679. The summed E-state index contributed by atoms with van der Waals surface area (Å²) in [5.41, 5.74) is 1.97. The molecule has 0 radical (unpaired) electrons. The van der Waals surface area contributed by atoms with Gasteiger partial charge in [-0.15, -0.1) is 0 Å². The van der Waals surface area contributed by atoms with Crippen LogP contribution in [0.25, 0.3) is 0 Å². The lowest BCUT2D eigenvalue weighted by Crippen LogP contribution is -2.02. The number of ether oxygens (including phenoxy) is 3. The summed E-state index contributed by atoms with van der Waals surface area (Å²) in [7, 11) is 0. The van der Waals surface area contributed by atoms with Crippen molar-refractivity contribution in [3.63, 3.8) is 0 Å². The standard InChI is InChI=1S/C18H17FO3/c1-3-8-20-16-10-18-17(21-11-22-18)9-15(16)12(2)13-4-6-14(19)7-5-13/h3-7,9-10,12H,1,8,11H2,2H3/t12-/m1/s1. The van der Waals surface area contributed by atoms with Crippen LogP contribution >= 0.6 is 0 Å². The zero-order valence-corrected chi connectivity index (χ0v) is 12.3. The van der Waals surface area contributed by atoms with E-state index < -0.39 is 0 Å². The second-order valence-corrected chi connectivity index (χ2v) is 5.12. The highest BCUT2D eigenvalue weighted by atomic mass is 19.1. The molecule has 0 saturated heterocycles. The van der Waals surface area contributed by atoms with Crippen LogP contribution in [0.2, 0.25) is 0 Å². The summed E-state index contributed by atoms with van der Waals surface area (Å²) in [6.45, 7) is 6.33. The van der Waals surface area contributed by atoms with Crippen molar-refractivity contribution in [3.8, 4) is 17.2 Å². The van der Waals surface area contributed by atoms with Gasteiger partial charge in [0.15, 0.2) is 11.5 Å². The molecule has 0 aliphatic carbocycles. The van der Waals surface area contributed by atoms with Crippen LogP contribution in [0.3, 0.4) is 0 Å². The molecule has 0 bridgehead atoms. The first-order valence-electron chi connectivity index (χ1n) is 7.11. The zero-order chi connectivity index (χ0) is 15.5. The molecule has 2 aromatic rings.